The molecule has 0 aromatic heterocycles. The third-order valence-corrected chi connectivity index (χ3v) is 3.86. The Morgan fingerprint density at radius 3 is 2.48 bits per heavy atom. The smallest absolute Gasteiger partial charge is 0.305 e. The molecule has 2 N–H and O–H groups in total. The lowest BCUT2D eigenvalue weighted by Gasteiger charge is -2.20. The molecule has 21 heavy (non-hydrogen) atoms. The van der Waals surface area contributed by atoms with Gasteiger partial charge >= 0.3 is 5.69 Å². The lowest BCUT2D eigenvalue weighted by atomic mass is 9.99. The molecule has 0 heterocycles. The van der Waals surface area contributed by atoms with Crippen molar-refractivity contribution in [2.75, 3.05) is 12.4 Å². The highest BCUT2D eigenvalue weighted by molar-refractivity contribution is 7.89. The van der Waals surface area contributed by atoms with Crippen LogP contribution in [0.5, 0.6) is 5.75 Å². The number of sulfonamides is 1. The molecule has 1 aromatic rings. The van der Waals surface area contributed by atoms with Gasteiger partial charge in [0.2, 0.25) is 15.8 Å². The number of nitrogens with zero attached hydrogens (tertiary/aromatic N) is 1. The van der Waals surface area contributed by atoms with E-state index >= 15 is 0 Å². The SMILES string of the molecule is CC(C)C(COc1ccc([N+](=O)[O-])c(F)c1)CS(N)(=O)=O. The number of hydrogen-bond acceptors (Lipinski definition) is 5. The molecule has 0 radical (unpaired) electrons. The zero-order valence-electron chi connectivity index (χ0n) is 11.7. The molecule has 0 aliphatic rings. The van der Waals surface area contributed by atoms with Crippen molar-refractivity contribution in [1.29, 1.82) is 0 Å². The molecule has 9 heteroatoms. The molecule has 1 unspecified atom stereocenters. The monoisotopic (exact) mass is 320 g/mol. The summed E-state index contributed by atoms with van der Waals surface area (Å²) in [6, 6.07) is 3.15. The summed E-state index contributed by atoms with van der Waals surface area (Å²) in [5.41, 5.74) is -0.646. The summed E-state index contributed by atoms with van der Waals surface area (Å²) in [6.45, 7) is 3.65. The van der Waals surface area contributed by atoms with Gasteiger partial charge in [-0.3, -0.25) is 10.1 Å². The van der Waals surface area contributed by atoms with Gasteiger partial charge in [0.15, 0.2) is 0 Å². The number of rotatable bonds is 7. The first-order valence-electron chi connectivity index (χ1n) is 6.17. The van der Waals surface area contributed by atoms with E-state index in [0.717, 1.165) is 12.1 Å². The van der Waals surface area contributed by atoms with Crippen LogP contribution < -0.4 is 9.88 Å². The Labute approximate surface area is 122 Å². The van der Waals surface area contributed by atoms with Crippen LogP contribution >= 0.6 is 0 Å². The Balaban J connectivity index is 2.77. The average molecular weight is 320 g/mol. The summed E-state index contributed by atoms with van der Waals surface area (Å²) >= 11 is 0. The van der Waals surface area contributed by atoms with Gasteiger partial charge in [-0.1, -0.05) is 13.8 Å². The fourth-order valence-electron chi connectivity index (χ4n) is 1.66. The molecule has 1 aromatic carbocycles. The van der Waals surface area contributed by atoms with Crippen molar-refractivity contribution in [3.8, 4) is 5.75 Å². The van der Waals surface area contributed by atoms with E-state index in [1.165, 1.54) is 6.07 Å². The predicted octanol–water partition coefficient (Wildman–Crippen LogP) is 1.67. The lowest BCUT2D eigenvalue weighted by molar-refractivity contribution is -0.387. The molecule has 1 rings (SSSR count). The van der Waals surface area contributed by atoms with Crippen molar-refractivity contribution < 1.29 is 22.5 Å². The second kappa shape index (κ2) is 6.81. The van der Waals surface area contributed by atoms with E-state index in [0.29, 0.717) is 0 Å². The molecule has 7 nitrogen and oxygen atoms in total. The van der Waals surface area contributed by atoms with Crippen LogP contribution in [0.3, 0.4) is 0 Å². The van der Waals surface area contributed by atoms with Crippen LogP contribution in [0.4, 0.5) is 10.1 Å². The highest BCUT2D eigenvalue weighted by Gasteiger charge is 2.21. The summed E-state index contributed by atoms with van der Waals surface area (Å²) in [6.07, 6.45) is 0. The highest BCUT2D eigenvalue weighted by atomic mass is 32.2. The summed E-state index contributed by atoms with van der Waals surface area (Å²) in [7, 11) is -3.64. The predicted molar refractivity (Wildman–Crippen MR) is 74.9 cm³/mol. The number of ether oxygens (including phenoxy) is 1. The minimum absolute atomic E-state index is 0.00813. The van der Waals surface area contributed by atoms with Crippen molar-refractivity contribution in [3.63, 3.8) is 0 Å². The second-order valence-electron chi connectivity index (χ2n) is 5.01. The van der Waals surface area contributed by atoms with Gasteiger partial charge in [0, 0.05) is 18.1 Å². The molecule has 0 aliphatic carbocycles. The summed E-state index contributed by atoms with van der Waals surface area (Å²) in [5.74, 6) is -1.53. The number of nitro benzene ring substituents is 1. The number of primary sulfonamides is 1. The first kappa shape index (κ1) is 17.3. The van der Waals surface area contributed by atoms with E-state index in [1.807, 2.05) is 13.8 Å². The maximum absolute atomic E-state index is 13.4. The standard InChI is InChI=1S/C12H17FN2O5S/c1-8(2)9(7-21(14,18)19)6-20-10-3-4-12(15(16)17)11(13)5-10/h3-5,8-9H,6-7H2,1-2H3,(H2,14,18,19). The van der Waals surface area contributed by atoms with Gasteiger partial charge < -0.3 is 4.74 Å². The Morgan fingerprint density at radius 2 is 2.05 bits per heavy atom. The van der Waals surface area contributed by atoms with E-state index in [-0.39, 0.29) is 29.9 Å². The summed E-state index contributed by atoms with van der Waals surface area (Å²) in [5, 5.41) is 15.5. The van der Waals surface area contributed by atoms with Gasteiger partial charge in [-0.2, -0.15) is 4.39 Å². The van der Waals surface area contributed by atoms with E-state index in [9.17, 15) is 22.9 Å². The number of halogens is 1. The Kier molecular flexibility index (Phi) is 5.62. The van der Waals surface area contributed by atoms with Crippen LogP contribution in [0.1, 0.15) is 13.8 Å². The van der Waals surface area contributed by atoms with Crippen LogP contribution in [0.25, 0.3) is 0 Å². The normalized spacial score (nSPS) is 13.2. The minimum atomic E-state index is -3.64. The first-order valence-corrected chi connectivity index (χ1v) is 7.89. The molecular formula is C12H17FN2O5S. The average Bonchev–Trinajstić information content (AvgIpc) is 2.32. The maximum atomic E-state index is 13.4. The van der Waals surface area contributed by atoms with Crippen molar-refractivity contribution in [3.05, 3.63) is 34.1 Å². The van der Waals surface area contributed by atoms with Crippen molar-refractivity contribution >= 4 is 15.7 Å². The van der Waals surface area contributed by atoms with E-state index < -0.39 is 26.5 Å². The minimum Gasteiger partial charge on any atom is -0.493 e. The van der Waals surface area contributed by atoms with Crippen molar-refractivity contribution in [1.82, 2.24) is 0 Å². The third-order valence-electron chi connectivity index (χ3n) is 2.97. The molecule has 0 saturated heterocycles. The molecular weight excluding hydrogens is 303 g/mol. The zero-order valence-corrected chi connectivity index (χ0v) is 12.5. The van der Waals surface area contributed by atoms with Crippen molar-refractivity contribution in [2.45, 2.75) is 13.8 Å². The molecule has 0 saturated carbocycles. The lowest BCUT2D eigenvalue weighted by Crippen LogP contribution is -2.30. The maximum Gasteiger partial charge on any atom is 0.305 e. The molecule has 0 amide bonds. The number of nitrogens with two attached hydrogens (primary N) is 1. The van der Waals surface area contributed by atoms with Gasteiger partial charge in [0.05, 0.1) is 17.3 Å². The van der Waals surface area contributed by atoms with Crippen LogP contribution in [0.2, 0.25) is 0 Å². The number of nitro groups is 1. The largest absolute Gasteiger partial charge is 0.493 e. The molecule has 0 spiro atoms. The summed E-state index contributed by atoms with van der Waals surface area (Å²) in [4.78, 5) is 9.65. The fraction of sp³-hybridized carbons (Fsp3) is 0.500. The van der Waals surface area contributed by atoms with Gasteiger partial charge in [0.1, 0.15) is 5.75 Å². The van der Waals surface area contributed by atoms with Gasteiger partial charge in [-0.15, -0.1) is 0 Å². The van der Waals surface area contributed by atoms with Gasteiger partial charge in [0.25, 0.3) is 0 Å². The molecule has 118 valence electrons. The molecule has 0 fully saturated rings. The van der Waals surface area contributed by atoms with E-state index in [2.05, 4.69) is 0 Å². The summed E-state index contributed by atoms with van der Waals surface area (Å²) < 4.78 is 41.0. The van der Waals surface area contributed by atoms with E-state index in [1.54, 1.807) is 0 Å². The number of hydrogen-bond donors (Lipinski definition) is 1. The molecule has 0 aliphatic heterocycles. The Morgan fingerprint density at radius 1 is 1.43 bits per heavy atom. The second-order valence-corrected chi connectivity index (χ2v) is 6.67. The highest BCUT2D eigenvalue weighted by Crippen LogP contribution is 2.23. The van der Waals surface area contributed by atoms with Crippen LogP contribution in [0.15, 0.2) is 18.2 Å². The Hall–Kier alpha value is -1.74. The topological polar surface area (TPSA) is 113 Å². The van der Waals surface area contributed by atoms with E-state index in [4.69, 9.17) is 9.88 Å². The number of benzene rings is 1. The fourth-order valence-corrected chi connectivity index (χ4v) is 2.74. The Bertz CT molecular complexity index is 618. The quantitative estimate of drug-likeness (QED) is 0.606. The van der Waals surface area contributed by atoms with Crippen LogP contribution in [-0.2, 0) is 10.0 Å². The van der Waals surface area contributed by atoms with Gasteiger partial charge in [-0.05, 0) is 12.0 Å². The molecule has 1 atom stereocenters. The molecule has 0 bridgehead atoms. The zero-order chi connectivity index (χ0) is 16.2. The van der Waals surface area contributed by atoms with Crippen LogP contribution in [-0.4, -0.2) is 25.7 Å². The third kappa shape index (κ3) is 5.64. The van der Waals surface area contributed by atoms with Gasteiger partial charge in [-0.25, -0.2) is 13.6 Å². The first-order chi connectivity index (χ1) is 9.60. The van der Waals surface area contributed by atoms with Crippen LogP contribution in [0, 0.1) is 27.8 Å². The van der Waals surface area contributed by atoms with Crippen molar-refractivity contribution in [2.24, 2.45) is 17.0 Å².